The zero-order valence-corrected chi connectivity index (χ0v) is 14.9. The van der Waals surface area contributed by atoms with Crippen molar-refractivity contribution in [2.75, 3.05) is 23.3 Å². The van der Waals surface area contributed by atoms with Crippen LogP contribution in [0.25, 0.3) is 6.08 Å². The SMILES string of the molecule is O=C(/C=C/c1ccc(Cl)cc1)Nc1ccc(N2CCCCCC2)cn1. The number of hydrogen-bond donors (Lipinski definition) is 1. The van der Waals surface area contributed by atoms with Crippen LogP contribution in [0, 0.1) is 0 Å². The van der Waals surface area contributed by atoms with Crippen LogP contribution in [0.1, 0.15) is 31.2 Å². The van der Waals surface area contributed by atoms with Crippen molar-refractivity contribution in [1.82, 2.24) is 4.98 Å². The maximum absolute atomic E-state index is 12.0. The Hall–Kier alpha value is -2.33. The molecule has 1 amide bonds. The van der Waals surface area contributed by atoms with Crippen LogP contribution < -0.4 is 10.2 Å². The number of anilines is 2. The molecule has 2 heterocycles. The van der Waals surface area contributed by atoms with E-state index in [1.807, 2.05) is 30.5 Å². The smallest absolute Gasteiger partial charge is 0.249 e. The van der Waals surface area contributed by atoms with E-state index in [9.17, 15) is 4.79 Å². The van der Waals surface area contributed by atoms with Gasteiger partial charge in [0.2, 0.25) is 5.91 Å². The number of carbonyl (C=O) groups is 1. The van der Waals surface area contributed by atoms with E-state index in [0.29, 0.717) is 10.8 Å². The Morgan fingerprint density at radius 1 is 1.04 bits per heavy atom. The zero-order valence-electron chi connectivity index (χ0n) is 14.1. The van der Waals surface area contributed by atoms with Gasteiger partial charge in [-0.1, -0.05) is 36.6 Å². The Kier molecular flexibility index (Phi) is 6.07. The predicted molar refractivity (Wildman–Crippen MR) is 104 cm³/mol. The van der Waals surface area contributed by atoms with Crippen LogP contribution >= 0.6 is 11.6 Å². The van der Waals surface area contributed by atoms with Crippen LogP contribution in [0.3, 0.4) is 0 Å². The van der Waals surface area contributed by atoms with Crippen molar-refractivity contribution >= 4 is 35.1 Å². The summed E-state index contributed by atoms with van der Waals surface area (Å²) in [5, 5.41) is 3.46. The minimum absolute atomic E-state index is 0.204. The van der Waals surface area contributed by atoms with Gasteiger partial charge in [-0.05, 0) is 48.7 Å². The van der Waals surface area contributed by atoms with Gasteiger partial charge in [0, 0.05) is 24.2 Å². The summed E-state index contributed by atoms with van der Waals surface area (Å²) < 4.78 is 0. The highest BCUT2D eigenvalue weighted by molar-refractivity contribution is 6.30. The molecule has 25 heavy (non-hydrogen) atoms. The third-order valence-electron chi connectivity index (χ3n) is 4.27. The van der Waals surface area contributed by atoms with Gasteiger partial charge in [-0.15, -0.1) is 0 Å². The number of halogens is 1. The van der Waals surface area contributed by atoms with Gasteiger partial charge < -0.3 is 10.2 Å². The molecule has 1 aliphatic heterocycles. The lowest BCUT2D eigenvalue weighted by molar-refractivity contribution is -0.111. The predicted octanol–water partition coefficient (Wildman–Crippen LogP) is 4.77. The molecule has 130 valence electrons. The Bertz CT molecular complexity index is 718. The van der Waals surface area contributed by atoms with Crippen LogP contribution in [-0.2, 0) is 4.79 Å². The molecule has 0 saturated carbocycles. The number of aromatic nitrogens is 1. The topological polar surface area (TPSA) is 45.2 Å². The zero-order chi connectivity index (χ0) is 17.5. The number of carbonyl (C=O) groups excluding carboxylic acids is 1. The minimum atomic E-state index is -0.204. The molecule has 1 aliphatic rings. The summed E-state index contributed by atoms with van der Waals surface area (Å²) in [6.07, 6.45) is 10.1. The van der Waals surface area contributed by atoms with Gasteiger partial charge in [-0.3, -0.25) is 4.79 Å². The summed E-state index contributed by atoms with van der Waals surface area (Å²) in [5.74, 6) is 0.356. The molecular formula is C20H22ClN3O. The number of amides is 1. The first-order valence-electron chi connectivity index (χ1n) is 8.66. The van der Waals surface area contributed by atoms with Gasteiger partial charge in [-0.25, -0.2) is 4.98 Å². The number of hydrogen-bond acceptors (Lipinski definition) is 3. The van der Waals surface area contributed by atoms with Crippen LogP contribution in [0.2, 0.25) is 5.02 Å². The van der Waals surface area contributed by atoms with Gasteiger partial charge in [0.15, 0.2) is 0 Å². The monoisotopic (exact) mass is 355 g/mol. The maximum atomic E-state index is 12.0. The van der Waals surface area contributed by atoms with Crippen molar-refractivity contribution in [3.63, 3.8) is 0 Å². The first-order chi connectivity index (χ1) is 12.2. The lowest BCUT2D eigenvalue weighted by Gasteiger charge is -2.22. The van der Waals surface area contributed by atoms with Crippen molar-refractivity contribution < 1.29 is 4.79 Å². The molecule has 0 spiro atoms. The largest absolute Gasteiger partial charge is 0.370 e. The summed E-state index contributed by atoms with van der Waals surface area (Å²) in [6, 6.07) is 11.2. The summed E-state index contributed by atoms with van der Waals surface area (Å²) in [5.41, 5.74) is 2.04. The van der Waals surface area contributed by atoms with Crippen LogP contribution in [-0.4, -0.2) is 24.0 Å². The Morgan fingerprint density at radius 2 is 1.76 bits per heavy atom. The molecule has 1 saturated heterocycles. The number of pyridine rings is 1. The fourth-order valence-electron chi connectivity index (χ4n) is 2.89. The second kappa shape index (κ2) is 8.67. The molecular weight excluding hydrogens is 334 g/mol. The first kappa shape index (κ1) is 17.5. The van der Waals surface area contributed by atoms with Crippen molar-refractivity contribution in [3.05, 3.63) is 59.3 Å². The highest BCUT2D eigenvalue weighted by Gasteiger charge is 2.10. The van der Waals surface area contributed by atoms with Gasteiger partial charge in [-0.2, -0.15) is 0 Å². The molecule has 0 radical (unpaired) electrons. The molecule has 0 atom stereocenters. The highest BCUT2D eigenvalue weighted by atomic mass is 35.5. The van der Waals surface area contributed by atoms with E-state index in [0.717, 1.165) is 24.3 Å². The van der Waals surface area contributed by atoms with Crippen LogP contribution in [0.4, 0.5) is 11.5 Å². The Balaban J connectivity index is 1.57. The lowest BCUT2D eigenvalue weighted by atomic mass is 10.2. The summed E-state index contributed by atoms with van der Waals surface area (Å²) >= 11 is 5.84. The normalized spacial score (nSPS) is 15.2. The molecule has 0 bridgehead atoms. The third kappa shape index (κ3) is 5.33. The summed E-state index contributed by atoms with van der Waals surface area (Å²) in [7, 11) is 0. The Labute approximate surface area is 153 Å². The third-order valence-corrected chi connectivity index (χ3v) is 4.52. The van der Waals surface area contributed by atoms with E-state index in [2.05, 4.69) is 15.2 Å². The summed E-state index contributed by atoms with van der Waals surface area (Å²) in [6.45, 7) is 2.16. The molecule has 4 nitrogen and oxygen atoms in total. The molecule has 2 aromatic rings. The highest BCUT2D eigenvalue weighted by Crippen LogP contribution is 2.19. The van der Waals surface area contributed by atoms with E-state index < -0.39 is 0 Å². The number of nitrogens with zero attached hydrogens (tertiary/aromatic N) is 2. The van der Waals surface area contributed by atoms with E-state index in [4.69, 9.17) is 11.6 Å². The summed E-state index contributed by atoms with van der Waals surface area (Å²) in [4.78, 5) is 18.7. The van der Waals surface area contributed by atoms with Gasteiger partial charge in [0.05, 0.1) is 11.9 Å². The number of rotatable bonds is 4. The number of benzene rings is 1. The number of nitrogens with one attached hydrogen (secondary N) is 1. The average Bonchev–Trinajstić information content (AvgIpc) is 2.91. The molecule has 5 heteroatoms. The molecule has 3 rings (SSSR count). The minimum Gasteiger partial charge on any atom is -0.370 e. The van der Waals surface area contributed by atoms with E-state index >= 15 is 0 Å². The van der Waals surface area contributed by atoms with E-state index in [1.54, 1.807) is 18.2 Å². The fraction of sp³-hybridized carbons (Fsp3) is 0.300. The standard InChI is InChI=1S/C20H22ClN3O/c21-17-8-5-16(6-9-17)7-12-20(25)23-19-11-10-18(15-22-19)24-13-3-1-2-4-14-24/h5-12,15H,1-4,13-14H2,(H,22,23,25)/b12-7+. The molecule has 1 fully saturated rings. The molecule has 0 aliphatic carbocycles. The van der Waals surface area contributed by atoms with E-state index in [1.165, 1.54) is 31.8 Å². The quantitative estimate of drug-likeness (QED) is 0.804. The van der Waals surface area contributed by atoms with Crippen LogP contribution in [0.15, 0.2) is 48.7 Å². The lowest BCUT2D eigenvalue weighted by Crippen LogP contribution is -2.24. The molecule has 1 N–H and O–H groups in total. The Morgan fingerprint density at radius 3 is 2.40 bits per heavy atom. The van der Waals surface area contributed by atoms with Gasteiger partial charge in [0.1, 0.15) is 5.82 Å². The molecule has 1 aromatic heterocycles. The van der Waals surface area contributed by atoms with Gasteiger partial charge in [0.25, 0.3) is 0 Å². The van der Waals surface area contributed by atoms with Crippen LogP contribution in [0.5, 0.6) is 0 Å². The van der Waals surface area contributed by atoms with E-state index in [-0.39, 0.29) is 5.91 Å². The fourth-order valence-corrected chi connectivity index (χ4v) is 3.02. The first-order valence-corrected chi connectivity index (χ1v) is 9.04. The maximum Gasteiger partial charge on any atom is 0.249 e. The second-order valence-electron chi connectivity index (χ2n) is 6.18. The molecule has 0 unspecified atom stereocenters. The van der Waals surface area contributed by atoms with Crippen molar-refractivity contribution in [3.8, 4) is 0 Å². The van der Waals surface area contributed by atoms with Gasteiger partial charge >= 0.3 is 0 Å². The second-order valence-corrected chi connectivity index (χ2v) is 6.61. The van der Waals surface area contributed by atoms with Crippen molar-refractivity contribution in [2.45, 2.75) is 25.7 Å². The van der Waals surface area contributed by atoms with Crippen molar-refractivity contribution in [1.29, 1.82) is 0 Å². The van der Waals surface area contributed by atoms with Crippen molar-refractivity contribution in [2.24, 2.45) is 0 Å². The average molecular weight is 356 g/mol. The molecule has 1 aromatic carbocycles.